The van der Waals surface area contributed by atoms with Crippen molar-refractivity contribution in [2.45, 2.75) is 51.4 Å². The van der Waals surface area contributed by atoms with Crippen LogP contribution in [-0.2, 0) is 6.54 Å². The smallest absolute Gasteiger partial charge is 0.158 e. The fraction of sp³-hybridized carbons (Fsp3) is 0.818. The summed E-state index contributed by atoms with van der Waals surface area (Å²) in [7, 11) is 0. The molecular formula is C11H19FN4. The molecule has 0 saturated carbocycles. The minimum Gasteiger partial charge on any atom is -0.311 e. The number of piperidine rings is 1. The Bertz CT molecular complexity index is 320. The van der Waals surface area contributed by atoms with Gasteiger partial charge in [-0.1, -0.05) is 18.6 Å². The second-order valence-corrected chi connectivity index (χ2v) is 4.34. The van der Waals surface area contributed by atoms with Crippen molar-refractivity contribution in [1.82, 2.24) is 20.3 Å². The van der Waals surface area contributed by atoms with Gasteiger partial charge in [0, 0.05) is 12.6 Å². The van der Waals surface area contributed by atoms with Gasteiger partial charge in [0.05, 0.1) is 11.9 Å². The van der Waals surface area contributed by atoms with Gasteiger partial charge in [0.25, 0.3) is 0 Å². The molecule has 1 N–H and O–H groups in total. The monoisotopic (exact) mass is 226 g/mol. The minimum absolute atomic E-state index is 0.0668. The van der Waals surface area contributed by atoms with Crippen LogP contribution < -0.4 is 5.32 Å². The Kier molecular flexibility index (Phi) is 3.88. The molecule has 1 saturated heterocycles. The van der Waals surface area contributed by atoms with Crippen LogP contribution in [0.3, 0.4) is 0 Å². The lowest BCUT2D eigenvalue weighted by Crippen LogP contribution is -2.38. The Morgan fingerprint density at radius 2 is 2.50 bits per heavy atom. The molecule has 2 heterocycles. The summed E-state index contributed by atoms with van der Waals surface area (Å²) in [5.41, 5.74) is 0.612. The van der Waals surface area contributed by atoms with Crippen LogP contribution in [0, 0.1) is 0 Å². The number of aryl methyl sites for hydroxylation is 1. The lowest BCUT2D eigenvalue weighted by atomic mass is 9.99. The molecule has 0 spiro atoms. The fourth-order valence-electron chi connectivity index (χ4n) is 2.20. The molecule has 5 heteroatoms. The van der Waals surface area contributed by atoms with Crippen LogP contribution >= 0.6 is 0 Å². The van der Waals surface area contributed by atoms with Gasteiger partial charge in [0.2, 0.25) is 0 Å². The molecule has 2 unspecified atom stereocenters. The van der Waals surface area contributed by atoms with E-state index in [4.69, 9.17) is 0 Å². The van der Waals surface area contributed by atoms with E-state index in [0.29, 0.717) is 5.69 Å². The molecular weight excluding hydrogens is 207 g/mol. The molecule has 16 heavy (non-hydrogen) atoms. The maximum absolute atomic E-state index is 14.3. The van der Waals surface area contributed by atoms with Crippen LogP contribution in [0.25, 0.3) is 0 Å². The summed E-state index contributed by atoms with van der Waals surface area (Å²) in [6, 6.07) is -0.0668. The molecule has 1 fully saturated rings. The third kappa shape index (κ3) is 2.40. The van der Waals surface area contributed by atoms with E-state index in [2.05, 4.69) is 22.6 Å². The Balaban J connectivity index is 2.06. The van der Waals surface area contributed by atoms with Crippen molar-refractivity contribution in [3.8, 4) is 0 Å². The number of hydrogen-bond acceptors (Lipinski definition) is 3. The molecule has 1 aliphatic heterocycles. The molecule has 2 rings (SSSR count). The molecule has 1 aromatic heterocycles. The lowest BCUT2D eigenvalue weighted by Gasteiger charge is -2.26. The Labute approximate surface area is 95.2 Å². The van der Waals surface area contributed by atoms with Crippen LogP contribution in [0.5, 0.6) is 0 Å². The average Bonchev–Trinajstić information content (AvgIpc) is 2.78. The first kappa shape index (κ1) is 11.5. The van der Waals surface area contributed by atoms with E-state index in [1.54, 1.807) is 10.9 Å². The Hall–Kier alpha value is -0.970. The Morgan fingerprint density at radius 3 is 3.19 bits per heavy atom. The summed E-state index contributed by atoms with van der Waals surface area (Å²) in [6.45, 7) is 3.71. The number of rotatable bonds is 4. The number of aromatic nitrogens is 3. The van der Waals surface area contributed by atoms with Gasteiger partial charge in [-0.05, 0) is 25.8 Å². The van der Waals surface area contributed by atoms with Gasteiger partial charge < -0.3 is 5.32 Å². The number of hydrogen-bond donors (Lipinski definition) is 1. The predicted molar refractivity (Wildman–Crippen MR) is 59.8 cm³/mol. The van der Waals surface area contributed by atoms with Crippen molar-refractivity contribution in [2.75, 3.05) is 6.54 Å². The summed E-state index contributed by atoms with van der Waals surface area (Å²) >= 11 is 0. The first-order valence-electron chi connectivity index (χ1n) is 6.08. The Morgan fingerprint density at radius 1 is 1.62 bits per heavy atom. The maximum Gasteiger partial charge on any atom is 0.158 e. The van der Waals surface area contributed by atoms with Crippen molar-refractivity contribution in [3.05, 3.63) is 11.9 Å². The quantitative estimate of drug-likeness (QED) is 0.852. The number of halogens is 1. The maximum atomic E-state index is 14.3. The summed E-state index contributed by atoms with van der Waals surface area (Å²) in [5.74, 6) is 0. The largest absolute Gasteiger partial charge is 0.311 e. The minimum atomic E-state index is -0.984. The van der Waals surface area contributed by atoms with Crippen LogP contribution in [0.15, 0.2) is 6.20 Å². The molecule has 2 atom stereocenters. The van der Waals surface area contributed by atoms with Crippen molar-refractivity contribution >= 4 is 0 Å². The van der Waals surface area contributed by atoms with Crippen molar-refractivity contribution in [1.29, 1.82) is 0 Å². The highest BCUT2D eigenvalue weighted by Crippen LogP contribution is 2.25. The number of alkyl halides is 1. The second kappa shape index (κ2) is 5.39. The topological polar surface area (TPSA) is 42.7 Å². The van der Waals surface area contributed by atoms with E-state index in [9.17, 15) is 4.39 Å². The predicted octanol–water partition coefficient (Wildman–Crippen LogP) is 1.84. The van der Waals surface area contributed by atoms with Gasteiger partial charge in [-0.2, -0.15) is 0 Å². The molecule has 0 bridgehead atoms. The fourth-order valence-corrected chi connectivity index (χ4v) is 2.20. The highest BCUT2D eigenvalue weighted by Gasteiger charge is 2.27. The zero-order valence-corrected chi connectivity index (χ0v) is 9.69. The summed E-state index contributed by atoms with van der Waals surface area (Å²) < 4.78 is 16.0. The molecule has 0 amide bonds. The molecule has 1 aromatic rings. The highest BCUT2D eigenvalue weighted by molar-refractivity contribution is 5.04. The van der Waals surface area contributed by atoms with Gasteiger partial charge >= 0.3 is 0 Å². The third-order valence-corrected chi connectivity index (χ3v) is 3.07. The zero-order chi connectivity index (χ0) is 11.4. The van der Waals surface area contributed by atoms with E-state index in [0.717, 1.165) is 38.8 Å². The lowest BCUT2D eigenvalue weighted by molar-refractivity contribution is 0.209. The van der Waals surface area contributed by atoms with Crippen LogP contribution in [0.1, 0.15) is 44.5 Å². The van der Waals surface area contributed by atoms with Crippen LogP contribution in [-0.4, -0.2) is 27.6 Å². The van der Waals surface area contributed by atoms with E-state index in [-0.39, 0.29) is 6.04 Å². The van der Waals surface area contributed by atoms with E-state index in [1.165, 1.54) is 0 Å². The molecule has 90 valence electrons. The third-order valence-electron chi connectivity index (χ3n) is 3.07. The number of nitrogens with zero attached hydrogens (tertiary/aromatic N) is 3. The number of nitrogens with one attached hydrogen (secondary N) is 1. The van der Waals surface area contributed by atoms with E-state index < -0.39 is 6.17 Å². The summed E-state index contributed by atoms with van der Waals surface area (Å²) in [5, 5.41) is 11.0. The van der Waals surface area contributed by atoms with Crippen LogP contribution in [0.2, 0.25) is 0 Å². The van der Waals surface area contributed by atoms with Gasteiger partial charge in [0.1, 0.15) is 0 Å². The van der Waals surface area contributed by atoms with Gasteiger partial charge in [-0.15, -0.1) is 5.10 Å². The summed E-state index contributed by atoms with van der Waals surface area (Å²) in [4.78, 5) is 0. The highest BCUT2D eigenvalue weighted by atomic mass is 19.1. The van der Waals surface area contributed by atoms with Crippen molar-refractivity contribution in [2.24, 2.45) is 0 Å². The van der Waals surface area contributed by atoms with Crippen molar-refractivity contribution < 1.29 is 4.39 Å². The average molecular weight is 226 g/mol. The van der Waals surface area contributed by atoms with Gasteiger partial charge in [-0.3, -0.25) is 0 Å². The van der Waals surface area contributed by atoms with E-state index >= 15 is 0 Å². The van der Waals surface area contributed by atoms with Gasteiger partial charge in [-0.25, -0.2) is 9.07 Å². The first-order chi connectivity index (χ1) is 7.83. The first-order valence-corrected chi connectivity index (χ1v) is 6.08. The van der Waals surface area contributed by atoms with Gasteiger partial charge in [0.15, 0.2) is 6.17 Å². The standard InChI is InChI=1S/C11H19FN4/c1-2-7-16-10(8-14-15-16)11(12)9-5-3-4-6-13-9/h8-9,11,13H,2-7H2,1H3. The molecule has 4 nitrogen and oxygen atoms in total. The molecule has 0 aromatic carbocycles. The van der Waals surface area contributed by atoms with E-state index in [1.807, 2.05) is 0 Å². The normalized spacial score (nSPS) is 23.2. The molecule has 0 aliphatic carbocycles. The summed E-state index contributed by atoms with van der Waals surface area (Å²) in [6.07, 6.45) is 4.67. The van der Waals surface area contributed by atoms with Crippen LogP contribution in [0.4, 0.5) is 4.39 Å². The zero-order valence-electron chi connectivity index (χ0n) is 9.69. The second-order valence-electron chi connectivity index (χ2n) is 4.34. The SMILES string of the molecule is CCCn1nncc1C(F)C1CCCCN1. The molecule has 1 aliphatic rings. The molecule has 0 radical (unpaired) electrons. The van der Waals surface area contributed by atoms with Crippen molar-refractivity contribution in [3.63, 3.8) is 0 Å².